The Hall–Kier alpha value is -2.70. The normalized spacial score (nSPS) is 12.1. The third-order valence-electron chi connectivity index (χ3n) is 5.63. The van der Waals surface area contributed by atoms with Gasteiger partial charge in [-0.1, -0.05) is 23.6 Å². The van der Waals surface area contributed by atoms with E-state index in [4.69, 9.17) is 9.11 Å². The first-order chi connectivity index (χ1) is 18.4. The Balaban J connectivity index is 0.00000231. The summed E-state index contributed by atoms with van der Waals surface area (Å²) in [6.07, 6.45) is 0. The molecule has 0 atom stereocenters. The first kappa shape index (κ1) is 32.8. The maximum Gasteiger partial charge on any atom is 1.00 e. The van der Waals surface area contributed by atoms with E-state index in [0.29, 0.717) is 10.8 Å². The van der Waals surface area contributed by atoms with Crippen LogP contribution in [0.5, 0.6) is 11.5 Å². The van der Waals surface area contributed by atoms with Crippen molar-refractivity contribution in [3.05, 3.63) is 72.8 Å². The van der Waals surface area contributed by atoms with Crippen LogP contribution in [0.3, 0.4) is 0 Å². The summed E-state index contributed by atoms with van der Waals surface area (Å²) in [5.74, 6) is -1.05. The van der Waals surface area contributed by atoms with Gasteiger partial charge >= 0.3 is 59.1 Å². The molecule has 0 aliphatic carbocycles. The number of fused-ring (bicyclic) bond motifs is 3. The quantitative estimate of drug-likeness (QED) is 0.120. The minimum Gasteiger partial charge on any atom is -0.870 e. The van der Waals surface area contributed by atoms with Gasteiger partial charge in [-0.2, -0.15) is 37.3 Å². The number of nitrogens with zero attached hydrogens (tertiary/aromatic N) is 4. The van der Waals surface area contributed by atoms with Crippen LogP contribution in [0, 0.1) is 0 Å². The van der Waals surface area contributed by atoms with Gasteiger partial charge in [-0.3, -0.25) is 9.11 Å². The molecule has 0 radical (unpaired) electrons. The largest absolute Gasteiger partial charge is 1.00 e. The second-order valence-corrected chi connectivity index (χ2v) is 11.0. The molecule has 13 nitrogen and oxygen atoms in total. The molecule has 5 aromatic rings. The molecule has 4 aromatic carbocycles. The van der Waals surface area contributed by atoms with Gasteiger partial charge in [0.05, 0.1) is 32.5 Å². The summed E-state index contributed by atoms with van der Waals surface area (Å²) >= 11 is 0. The van der Waals surface area contributed by atoms with Crippen LogP contribution in [-0.4, -0.2) is 30.9 Å². The Morgan fingerprint density at radius 3 is 1.20 bits per heavy atom. The van der Waals surface area contributed by atoms with Crippen LogP contribution in [0.4, 0.5) is 22.7 Å². The summed E-state index contributed by atoms with van der Waals surface area (Å²) in [6.45, 7) is 0. The number of H-pyrrole nitrogens is 1. The van der Waals surface area contributed by atoms with E-state index in [2.05, 4.69) is 25.4 Å². The fourth-order valence-corrected chi connectivity index (χ4v) is 4.68. The van der Waals surface area contributed by atoms with Crippen molar-refractivity contribution in [2.45, 2.75) is 9.79 Å². The van der Waals surface area contributed by atoms with E-state index in [1.807, 2.05) is 0 Å². The zero-order valence-corrected chi connectivity index (χ0v) is 27.0. The van der Waals surface area contributed by atoms with Gasteiger partial charge < -0.3 is 15.2 Å². The molecular formula is C24H15N5Na2O8S2. The first-order valence-electron chi connectivity index (χ1n) is 10.9. The topological polar surface area (TPSA) is 220 Å². The minimum absolute atomic E-state index is 0. The summed E-state index contributed by atoms with van der Waals surface area (Å²) in [5.41, 5.74) is 0.651. The molecule has 17 heteroatoms. The Labute approximate surface area is 277 Å². The molecule has 0 saturated carbocycles. The van der Waals surface area contributed by atoms with E-state index in [1.165, 1.54) is 36.4 Å². The fourth-order valence-electron chi connectivity index (χ4n) is 3.72. The Morgan fingerprint density at radius 1 is 0.537 bits per heavy atom. The van der Waals surface area contributed by atoms with E-state index in [0.717, 1.165) is 24.3 Å². The second-order valence-electron chi connectivity index (χ2n) is 8.14. The molecule has 0 aliphatic rings. The van der Waals surface area contributed by atoms with Gasteiger partial charge in [0.25, 0.3) is 20.2 Å². The van der Waals surface area contributed by atoms with Crippen LogP contribution in [0.25, 0.3) is 21.8 Å². The predicted molar refractivity (Wildman–Crippen MR) is 136 cm³/mol. The monoisotopic (exact) mass is 611 g/mol. The number of azo groups is 2. The van der Waals surface area contributed by atoms with Crippen molar-refractivity contribution in [2.24, 2.45) is 20.5 Å². The number of aromatic nitrogens is 1. The van der Waals surface area contributed by atoms with Crippen molar-refractivity contribution >= 4 is 64.8 Å². The molecule has 0 bridgehead atoms. The summed E-state index contributed by atoms with van der Waals surface area (Å²) < 4.78 is 62.7. The predicted octanol–water partition coefficient (Wildman–Crippen LogP) is -1.20. The molecule has 0 fully saturated rings. The van der Waals surface area contributed by atoms with Crippen molar-refractivity contribution in [2.75, 3.05) is 0 Å². The Bertz CT molecular complexity index is 1880. The van der Waals surface area contributed by atoms with Gasteiger partial charge in [-0.15, -0.1) is 0 Å². The zero-order chi connectivity index (χ0) is 27.9. The number of aromatic amines is 1. The van der Waals surface area contributed by atoms with Gasteiger partial charge in [-0.05, 0) is 60.7 Å². The van der Waals surface area contributed by atoms with E-state index in [9.17, 15) is 27.0 Å². The van der Waals surface area contributed by atoms with E-state index in [-0.39, 0.29) is 103 Å². The van der Waals surface area contributed by atoms with Gasteiger partial charge in [0, 0.05) is 21.8 Å². The maximum absolute atomic E-state index is 13.0. The maximum atomic E-state index is 13.0. The molecule has 1 heterocycles. The van der Waals surface area contributed by atoms with Crippen molar-refractivity contribution < 1.29 is 95.3 Å². The van der Waals surface area contributed by atoms with Gasteiger partial charge in [0.1, 0.15) is 0 Å². The van der Waals surface area contributed by atoms with E-state index < -0.39 is 31.7 Å². The summed E-state index contributed by atoms with van der Waals surface area (Å²) in [5, 5.41) is 42.7. The number of benzene rings is 4. The van der Waals surface area contributed by atoms with Crippen LogP contribution in [0.1, 0.15) is 0 Å². The number of hydrogen-bond acceptors (Lipinski definition) is 10. The van der Waals surface area contributed by atoms with Crippen LogP contribution >= 0.6 is 0 Å². The average molecular weight is 612 g/mol. The third kappa shape index (κ3) is 7.03. The van der Waals surface area contributed by atoms with Crippen molar-refractivity contribution in [3.63, 3.8) is 0 Å². The number of rotatable bonds is 6. The molecule has 0 spiro atoms. The van der Waals surface area contributed by atoms with Crippen molar-refractivity contribution in [1.82, 2.24) is 4.98 Å². The molecule has 5 rings (SSSR count). The van der Waals surface area contributed by atoms with Crippen molar-refractivity contribution in [3.8, 4) is 11.5 Å². The molecule has 3 N–H and O–H groups in total. The molecule has 41 heavy (non-hydrogen) atoms. The molecule has 0 saturated heterocycles. The standard InChI is InChI=1S/C24H17N5O8S2.2Na/c30-23-19(28-26-13-1-5-15(6-2-13)38(32,33)34)11-9-17-18-10-12-20(24(31)22(18)25-21(17)23)29-27-14-3-7-16(8-4-14)39(35,36)37;;/h1-12,25,30-31H,(H,32,33,34)(H,35,36,37);;/q;2*+1/p-2. The fraction of sp³-hybridized carbons (Fsp3) is 0. The number of nitrogens with one attached hydrogen (secondary N) is 1. The molecule has 1 aromatic heterocycles. The molecule has 0 unspecified atom stereocenters. The molecule has 0 amide bonds. The first-order valence-corrected chi connectivity index (χ1v) is 13.7. The smallest absolute Gasteiger partial charge is 0.870 e. The van der Waals surface area contributed by atoms with Crippen LogP contribution in [0.15, 0.2) is 103 Å². The van der Waals surface area contributed by atoms with Crippen LogP contribution < -0.4 is 69.3 Å². The summed E-state index contributed by atoms with van der Waals surface area (Å²) in [6, 6.07) is 15.9. The summed E-state index contributed by atoms with van der Waals surface area (Å²) in [4.78, 5) is 2.20. The molecule has 198 valence electrons. The van der Waals surface area contributed by atoms with Gasteiger partial charge in [0.2, 0.25) is 0 Å². The SMILES string of the molecule is O=S(=O)(O)c1ccc(N=Nc2ccc3c([nH]c4c([O-])c(N=Nc5ccc(S(=O)(=O)O)cc5)ccc43)c2[O-])cc1.[Na+].[Na+]. The molecular weight excluding hydrogens is 596 g/mol. The van der Waals surface area contributed by atoms with Gasteiger partial charge in [0.15, 0.2) is 0 Å². The van der Waals surface area contributed by atoms with Crippen molar-refractivity contribution in [1.29, 1.82) is 0 Å². The number of hydrogen-bond donors (Lipinski definition) is 3. The third-order valence-corrected chi connectivity index (χ3v) is 7.37. The minimum atomic E-state index is -4.35. The Kier molecular flexibility index (Phi) is 10.1. The summed E-state index contributed by atoms with van der Waals surface area (Å²) in [7, 11) is -8.71. The van der Waals surface area contributed by atoms with E-state index in [1.54, 1.807) is 12.1 Å². The molecule has 0 aliphatic heterocycles. The Morgan fingerprint density at radius 2 is 0.878 bits per heavy atom. The average Bonchev–Trinajstić information content (AvgIpc) is 3.28. The second kappa shape index (κ2) is 12.7. The zero-order valence-electron chi connectivity index (χ0n) is 21.4. The van der Waals surface area contributed by atoms with E-state index >= 15 is 0 Å². The van der Waals surface area contributed by atoms with Crippen LogP contribution in [-0.2, 0) is 20.2 Å². The van der Waals surface area contributed by atoms with Crippen LogP contribution in [0.2, 0.25) is 0 Å². The van der Waals surface area contributed by atoms with Gasteiger partial charge in [-0.25, -0.2) is 0 Å².